The van der Waals surface area contributed by atoms with Gasteiger partial charge >= 0.3 is 0 Å². The molecule has 2 aliphatic rings. The van der Waals surface area contributed by atoms with E-state index >= 15 is 0 Å². The van der Waals surface area contributed by atoms with E-state index in [0.29, 0.717) is 30.8 Å². The first kappa shape index (κ1) is 22.7. The number of aromatic nitrogens is 2. The minimum Gasteiger partial charge on any atom is -0.507 e. The number of aryl methyl sites for hydroxylation is 1. The van der Waals surface area contributed by atoms with Gasteiger partial charge in [-0.05, 0) is 54.8 Å². The molecule has 0 radical (unpaired) electrons. The molecule has 1 saturated heterocycles. The highest BCUT2D eigenvalue weighted by atomic mass is 16.5. The minimum absolute atomic E-state index is 0.0581. The molecule has 5 rings (SSSR count). The SMILES string of the molecule is COc1ccc(C2/C(=C(\O)c3ccc4c(c3)CC(C)O4)C(=O)C(=O)N2CCCn2ccnc2)cc1. The lowest BCUT2D eigenvalue weighted by Crippen LogP contribution is -2.31. The molecule has 1 fully saturated rings. The average molecular weight is 474 g/mol. The molecular formula is C27H27N3O5. The number of ketones is 1. The average Bonchev–Trinajstić information content (AvgIpc) is 3.57. The zero-order valence-corrected chi connectivity index (χ0v) is 19.7. The number of imidazole rings is 1. The molecule has 8 nitrogen and oxygen atoms in total. The van der Waals surface area contributed by atoms with Crippen molar-refractivity contribution in [3.05, 3.63) is 83.4 Å². The number of carbonyl (C=O) groups is 2. The molecule has 2 aliphatic heterocycles. The van der Waals surface area contributed by atoms with Gasteiger partial charge in [0, 0.05) is 37.5 Å². The molecule has 3 aromatic rings. The fraction of sp³-hybridized carbons (Fsp3) is 0.296. The van der Waals surface area contributed by atoms with Gasteiger partial charge in [0.05, 0.1) is 25.1 Å². The summed E-state index contributed by atoms with van der Waals surface area (Å²) in [6.45, 7) is 2.99. The Kier molecular flexibility index (Phi) is 6.03. The molecule has 180 valence electrons. The Bertz CT molecular complexity index is 1280. The van der Waals surface area contributed by atoms with Crippen LogP contribution in [0.3, 0.4) is 0 Å². The summed E-state index contributed by atoms with van der Waals surface area (Å²) in [6, 6.07) is 11.9. The lowest BCUT2D eigenvalue weighted by molar-refractivity contribution is -0.139. The topological polar surface area (TPSA) is 93.9 Å². The Morgan fingerprint density at radius 3 is 2.69 bits per heavy atom. The van der Waals surface area contributed by atoms with E-state index in [4.69, 9.17) is 9.47 Å². The number of benzene rings is 2. The second kappa shape index (κ2) is 9.29. The van der Waals surface area contributed by atoms with Gasteiger partial charge in [0.15, 0.2) is 0 Å². The monoisotopic (exact) mass is 473 g/mol. The first-order valence-electron chi connectivity index (χ1n) is 11.6. The number of methoxy groups -OCH3 is 1. The second-order valence-corrected chi connectivity index (χ2v) is 8.87. The molecule has 0 saturated carbocycles. The van der Waals surface area contributed by atoms with Crippen LogP contribution in [0.2, 0.25) is 0 Å². The van der Waals surface area contributed by atoms with Crippen molar-refractivity contribution in [3.63, 3.8) is 0 Å². The molecule has 1 aromatic heterocycles. The quantitative estimate of drug-likeness (QED) is 0.319. The van der Waals surface area contributed by atoms with Crippen molar-refractivity contribution >= 4 is 17.4 Å². The van der Waals surface area contributed by atoms with E-state index in [1.807, 2.05) is 35.9 Å². The maximum absolute atomic E-state index is 13.2. The highest BCUT2D eigenvalue weighted by molar-refractivity contribution is 6.46. The normalized spacial score (nSPS) is 20.7. The fourth-order valence-corrected chi connectivity index (χ4v) is 4.81. The lowest BCUT2D eigenvalue weighted by Gasteiger charge is -2.25. The van der Waals surface area contributed by atoms with E-state index in [0.717, 1.165) is 23.3 Å². The third-order valence-corrected chi connectivity index (χ3v) is 6.52. The smallest absolute Gasteiger partial charge is 0.295 e. The fourth-order valence-electron chi connectivity index (χ4n) is 4.81. The Morgan fingerprint density at radius 1 is 1.17 bits per heavy atom. The van der Waals surface area contributed by atoms with E-state index < -0.39 is 17.7 Å². The molecule has 2 atom stereocenters. The number of aliphatic hydroxyl groups is 1. The van der Waals surface area contributed by atoms with Crippen LogP contribution in [0.4, 0.5) is 0 Å². The number of carbonyl (C=O) groups excluding carboxylic acids is 2. The Hall–Kier alpha value is -4.07. The van der Waals surface area contributed by atoms with Crippen molar-refractivity contribution in [1.82, 2.24) is 14.5 Å². The van der Waals surface area contributed by atoms with Crippen molar-refractivity contribution in [3.8, 4) is 11.5 Å². The molecule has 8 heteroatoms. The molecule has 0 spiro atoms. The van der Waals surface area contributed by atoms with Crippen LogP contribution in [-0.4, -0.2) is 51.0 Å². The Morgan fingerprint density at radius 2 is 1.97 bits per heavy atom. The molecule has 0 bridgehead atoms. The standard InChI is InChI=1S/C27H27N3O5/c1-17-14-20-15-19(6-9-22(20)35-17)25(31)23-24(18-4-7-21(34-2)8-5-18)30(27(33)26(23)32)12-3-11-29-13-10-28-16-29/h4-10,13,15-17,24,31H,3,11-12,14H2,1-2H3/b25-23+. The van der Waals surface area contributed by atoms with Gasteiger partial charge in [0.1, 0.15) is 23.4 Å². The van der Waals surface area contributed by atoms with E-state index in [2.05, 4.69) is 4.98 Å². The first-order valence-corrected chi connectivity index (χ1v) is 11.6. The van der Waals surface area contributed by atoms with Crippen LogP contribution in [0.1, 0.15) is 36.1 Å². The third-order valence-electron chi connectivity index (χ3n) is 6.52. The molecule has 1 amide bonds. The van der Waals surface area contributed by atoms with Gasteiger partial charge in [-0.1, -0.05) is 12.1 Å². The van der Waals surface area contributed by atoms with E-state index in [9.17, 15) is 14.7 Å². The number of ether oxygens (including phenoxy) is 2. The second-order valence-electron chi connectivity index (χ2n) is 8.87. The molecule has 2 unspecified atom stereocenters. The van der Waals surface area contributed by atoms with Crippen LogP contribution < -0.4 is 9.47 Å². The Balaban J connectivity index is 1.53. The van der Waals surface area contributed by atoms with Crippen molar-refractivity contribution in [2.24, 2.45) is 0 Å². The molecule has 1 N–H and O–H groups in total. The van der Waals surface area contributed by atoms with Gasteiger partial charge in [-0.3, -0.25) is 9.59 Å². The largest absolute Gasteiger partial charge is 0.507 e. The minimum atomic E-state index is -0.702. The maximum Gasteiger partial charge on any atom is 0.295 e. The predicted molar refractivity (Wildman–Crippen MR) is 129 cm³/mol. The van der Waals surface area contributed by atoms with Crippen LogP contribution in [0.5, 0.6) is 11.5 Å². The van der Waals surface area contributed by atoms with Gasteiger partial charge in [0.2, 0.25) is 0 Å². The Labute approximate surface area is 203 Å². The summed E-state index contributed by atoms with van der Waals surface area (Å²) in [7, 11) is 1.58. The zero-order valence-electron chi connectivity index (χ0n) is 19.7. The molecule has 2 aromatic carbocycles. The van der Waals surface area contributed by atoms with Gasteiger partial charge in [-0.25, -0.2) is 4.98 Å². The van der Waals surface area contributed by atoms with E-state index in [1.165, 1.54) is 0 Å². The van der Waals surface area contributed by atoms with Gasteiger partial charge < -0.3 is 24.0 Å². The third kappa shape index (κ3) is 4.27. The maximum atomic E-state index is 13.2. The summed E-state index contributed by atoms with van der Waals surface area (Å²) in [5.41, 5.74) is 2.29. The number of Topliss-reactive ketones (excluding diaryl/α,β-unsaturated/α-hetero) is 1. The van der Waals surface area contributed by atoms with Crippen molar-refractivity contribution in [2.75, 3.05) is 13.7 Å². The number of amides is 1. The predicted octanol–water partition coefficient (Wildman–Crippen LogP) is 3.73. The molecule has 35 heavy (non-hydrogen) atoms. The highest BCUT2D eigenvalue weighted by Crippen LogP contribution is 2.41. The van der Waals surface area contributed by atoms with Crippen LogP contribution in [0.15, 0.2) is 66.8 Å². The van der Waals surface area contributed by atoms with Crippen molar-refractivity contribution in [1.29, 1.82) is 0 Å². The summed E-state index contributed by atoms with van der Waals surface area (Å²) in [5.74, 6) is -0.0323. The number of likely N-dealkylation sites (tertiary alicyclic amines) is 1. The number of hydrogen-bond donors (Lipinski definition) is 1. The summed E-state index contributed by atoms with van der Waals surface area (Å²) in [5, 5.41) is 11.3. The molecular weight excluding hydrogens is 446 g/mol. The number of fused-ring (bicyclic) bond motifs is 1. The lowest BCUT2D eigenvalue weighted by atomic mass is 9.94. The number of nitrogens with zero attached hydrogens (tertiary/aromatic N) is 3. The van der Waals surface area contributed by atoms with Gasteiger partial charge in [-0.2, -0.15) is 0 Å². The first-order chi connectivity index (χ1) is 17.0. The zero-order chi connectivity index (χ0) is 24.5. The summed E-state index contributed by atoms with van der Waals surface area (Å²) >= 11 is 0. The van der Waals surface area contributed by atoms with Gasteiger partial charge in [-0.15, -0.1) is 0 Å². The molecule has 0 aliphatic carbocycles. The van der Waals surface area contributed by atoms with Crippen LogP contribution >= 0.6 is 0 Å². The van der Waals surface area contributed by atoms with Crippen LogP contribution in [0.25, 0.3) is 5.76 Å². The summed E-state index contributed by atoms with van der Waals surface area (Å²) in [4.78, 5) is 32.0. The van der Waals surface area contributed by atoms with Crippen molar-refractivity contribution in [2.45, 2.75) is 38.5 Å². The number of rotatable bonds is 7. The van der Waals surface area contributed by atoms with Crippen LogP contribution in [-0.2, 0) is 22.6 Å². The summed E-state index contributed by atoms with van der Waals surface area (Å²) in [6.07, 6.45) is 6.68. The van der Waals surface area contributed by atoms with Gasteiger partial charge in [0.25, 0.3) is 11.7 Å². The van der Waals surface area contributed by atoms with Crippen LogP contribution in [0, 0.1) is 0 Å². The van der Waals surface area contributed by atoms with E-state index in [-0.39, 0.29) is 17.4 Å². The number of aliphatic hydroxyl groups excluding tert-OH is 1. The summed E-state index contributed by atoms with van der Waals surface area (Å²) < 4.78 is 13.0. The number of hydrogen-bond acceptors (Lipinski definition) is 6. The molecule has 3 heterocycles. The van der Waals surface area contributed by atoms with Crippen molar-refractivity contribution < 1.29 is 24.2 Å². The van der Waals surface area contributed by atoms with E-state index in [1.54, 1.807) is 48.8 Å². The highest BCUT2D eigenvalue weighted by Gasteiger charge is 2.45.